The molecule has 5 bridgehead atoms. The molecule has 2 aromatic rings. The van der Waals surface area contributed by atoms with Gasteiger partial charge < -0.3 is 54.9 Å². The summed E-state index contributed by atoms with van der Waals surface area (Å²) in [6.45, 7) is 14.4. The van der Waals surface area contributed by atoms with E-state index >= 15 is 0 Å². The number of phenolic OH excluding ortho intramolecular Hbond substituents is 3. The highest BCUT2D eigenvalue weighted by Gasteiger charge is 2.50. The van der Waals surface area contributed by atoms with Crippen LogP contribution in [-0.4, -0.2) is 140 Å². The summed E-state index contributed by atoms with van der Waals surface area (Å²) in [5.74, 6) is -8.58. The molecule has 4 aliphatic heterocycles. The number of nitrogens with one attached hydrogen (secondary N) is 1. The summed E-state index contributed by atoms with van der Waals surface area (Å²) in [6, 6.07) is 0.541. The number of rotatable bonds is 5. The summed E-state index contributed by atoms with van der Waals surface area (Å²) in [5, 5.41) is 79.1. The number of allylic oxidation sites excluding steroid dienone is 2. The number of Topliss-reactive ketones (excluding diaryl/α,β-unsaturated/α-hetero) is 1. The maximum absolute atomic E-state index is 14.5. The van der Waals surface area contributed by atoms with Gasteiger partial charge in [-0.1, -0.05) is 51.8 Å². The van der Waals surface area contributed by atoms with Gasteiger partial charge in [-0.05, 0) is 39.7 Å². The van der Waals surface area contributed by atoms with Gasteiger partial charge in [-0.2, -0.15) is 5.10 Å². The number of nitrogens with zero attached hydrogens (tertiary/aromatic N) is 3. The molecule has 0 aromatic heterocycles. The zero-order valence-corrected chi connectivity index (χ0v) is 38.1. The lowest BCUT2D eigenvalue weighted by Gasteiger charge is -2.42. The molecule has 5 aliphatic rings. The number of hydrazone groups is 1. The fraction of sp³-hybridized carbons (Fsp3) is 0.574. The Morgan fingerprint density at radius 3 is 2.22 bits per heavy atom. The minimum Gasteiger partial charge on any atom is -0.507 e. The zero-order valence-electron chi connectivity index (χ0n) is 38.1. The molecule has 7 rings (SSSR count). The molecule has 4 heterocycles. The maximum atomic E-state index is 14.5. The minimum atomic E-state index is -2.14. The molecule has 2 fully saturated rings. The average molecular weight is 893 g/mol. The molecule has 1 unspecified atom stereocenters. The first-order chi connectivity index (χ1) is 30.1. The number of amides is 1. The molecule has 1 amide bonds. The van der Waals surface area contributed by atoms with E-state index in [0.29, 0.717) is 19.1 Å². The number of aliphatic hydroxyl groups is 3. The number of hydrogen-bond donors (Lipinski definition) is 7. The summed E-state index contributed by atoms with van der Waals surface area (Å²) >= 11 is 0. The number of carbonyl (C=O) groups is 3. The number of anilines is 1. The number of esters is 1. The summed E-state index contributed by atoms with van der Waals surface area (Å²) in [4.78, 5) is 43.3. The number of hydrogen-bond acceptors (Lipinski definition) is 16. The number of aliphatic hydroxyl groups excluding tert-OH is 2. The second-order valence-electron chi connectivity index (χ2n) is 18.1. The maximum Gasteiger partial charge on any atom is 0.312 e. The van der Waals surface area contributed by atoms with Crippen molar-refractivity contribution < 1.29 is 64.0 Å². The first-order valence-electron chi connectivity index (χ1n) is 22.0. The molecule has 1 aliphatic carbocycles. The highest BCUT2D eigenvalue weighted by Crippen LogP contribution is 2.55. The molecule has 0 spiro atoms. The van der Waals surface area contributed by atoms with Crippen molar-refractivity contribution in [2.24, 2.45) is 22.9 Å². The molecule has 1 saturated carbocycles. The van der Waals surface area contributed by atoms with Gasteiger partial charge in [0.2, 0.25) is 0 Å². The number of ether oxygens (including phenoxy) is 4. The number of methoxy groups -OCH3 is 1. The van der Waals surface area contributed by atoms with Crippen molar-refractivity contribution in [2.45, 2.75) is 123 Å². The number of phenols is 3. The Morgan fingerprint density at radius 2 is 1.59 bits per heavy atom. The van der Waals surface area contributed by atoms with E-state index in [2.05, 4.69) is 15.3 Å². The third-order valence-corrected chi connectivity index (χ3v) is 13.6. The van der Waals surface area contributed by atoms with Crippen LogP contribution < -0.4 is 10.1 Å². The Kier molecular flexibility index (Phi) is 14.4. The van der Waals surface area contributed by atoms with Crippen LogP contribution in [0.1, 0.15) is 95.6 Å². The van der Waals surface area contributed by atoms with Gasteiger partial charge in [0.25, 0.3) is 11.7 Å². The van der Waals surface area contributed by atoms with E-state index in [1.807, 2.05) is 5.01 Å². The Morgan fingerprint density at radius 1 is 0.938 bits per heavy atom. The van der Waals surface area contributed by atoms with Crippen LogP contribution >= 0.6 is 0 Å². The first-order valence-corrected chi connectivity index (χ1v) is 22.0. The van der Waals surface area contributed by atoms with Crippen LogP contribution in [-0.2, 0) is 23.8 Å². The second kappa shape index (κ2) is 19.1. The molecular formula is C47H64N4O13. The first kappa shape index (κ1) is 48.3. The van der Waals surface area contributed by atoms with Crippen LogP contribution in [0.5, 0.6) is 23.0 Å². The van der Waals surface area contributed by atoms with E-state index in [0.717, 1.165) is 32.2 Å². The van der Waals surface area contributed by atoms with Gasteiger partial charge in [0.1, 0.15) is 29.0 Å². The minimum absolute atomic E-state index is 0.0415. The summed E-state index contributed by atoms with van der Waals surface area (Å²) in [5.41, 5.74) is -2.61. The van der Waals surface area contributed by atoms with Crippen molar-refractivity contribution in [1.82, 2.24) is 9.91 Å². The molecule has 350 valence electrons. The van der Waals surface area contributed by atoms with Gasteiger partial charge in [0.05, 0.1) is 53.0 Å². The van der Waals surface area contributed by atoms with Crippen molar-refractivity contribution >= 4 is 40.3 Å². The Bertz CT molecular complexity index is 2240. The van der Waals surface area contributed by atoms with E-state index < -0.39 is 88.5 Å². The summed E-state index contributed by atoms with van der Waals surface area (Å²) in [6.07, 6.45) is 7.97. The van der Waals surface area contributed by atoms with Crippen LogP contribution in [0.15, 0.2) is 41.2 Å². The smallest absolute Gasteiger partial charge is 0.312 e. The molecule has 17 nitrogen and oxygen atoms in total. The zero-order chi connectivity index (χ0) is 47.0. The third-order valence-electron chi connectivity index (χ3n) is 13.6. The van der Waals surface area contributed by atoms with Gasteiger partial charge in [0.15, 0.2) is 5.75 Å². The lowest BCUT2D eigenvalue weighted by Crippen LogP contribution is -2.57. The molecule has 7 N–H and O–H groups in total. The number of piperazine rings is 1. The Balaban J connectivity index is 1.48. The van der Waals surface area contributed by atoms with Crippen LogP contribution in [0.2, 0.25) is 0 Å². The van der Waals surface area contributed by atoms with Crippen LogP contribution in [0, 0.1) is 24.7 Å². The normalized spacial score (nSPS) is 33.2. The molecular weight excluding hydrogens is 829 g/mol. The Hall–Kier alpha value is -5.20. The molecule has 0 radical (unpaired) electrons. The van der Waals surface area contributed by atoms with E-state index in [9.17, 15) is 45.0 Å². The van der Waals surface area contributed by atoms with E-state index in [1.54, 1.807) is 20.8 Å². The van der Waals surface area contributed by atoms with Crippen molar-refractivity contribution in [3.05, 3.63) is 52.8 Å². The number of fused-ring (bicyclic) bond motifs is 14. The lowest BCUT2D eigenvalue weighted by atomic mass is 9.75. The largest absolute Gasteiger partial charge is 0.507 e. The molecule has 1 saturated heterocycles. The molecule has 2 aromatic carbocycles. The quantitative estimate of drug-likeness (QED) is 0.0927. The number of ketones is 1. The van der Waals surface area contributed by atoms with Gasteiger partial charge in [-0.25, -0.2) is 0 Å². The van der Waals surface area contributed by atoms with Crippen molar-refractivity contribution in [2.75, 3.05) is 38.6 Å². The Labute approximate surface area is 373 Å². The lowest BCUT2D eigenvalue weighted by molar-refractivity contribution is -0.187. The third kappa shape index (κ3) is 9.18. The second-order valence-corrected chi connectivity index (χ2v) is 18.1. The fourth-order valence-corrected chi connectivity index (χ4v) is 9.53. The average Bonchev–Trinajstić information content (AvgIpc) is 3.89. The predicted octanol–water partition coefficient (Wildman–Crippen LogP) is 4.76. The van der Waals surface area contributed by atoms with Gasteiger partial charge in [-0.15, -0.1) is 0 Å². The number of aromatic hydroxyl groups is 3. The molecule has 9 atom stereocenters. The van der Waals surface area contributed by atoms with Gasteiger partial charge in [0, 0.05) is 87.5 Å². The van der Waals surface area contributed by atoms with Gasteiger partial charge in [-0.3, -0.25) is 24.3 Å². The van der Waals surface area contributed by atoms with Gasteiger partial charge >= 0.3 is 11.8 Å². The monoisotopic (exact) mass is 892 g/mol. The number of carbonyl (C=O) groups excluding carboxylic acids is 3. The van der Waals surface area contributed by atoms with Crippen molar-refractivity contribution in [1.29, 1.82) is 0 Å². The standard InChI is InChI=1S/C47H64N4O13/c1-24-13-12-14-25(2)45(59)49-36-31(23-48-51-20-18-50(19-21-51)30-15-10-11-16-30)38(54)33-34(39(36)55)37(53)27(4)41-35(33)44(58)47(8,64-41)62-22-17-32(61-9)26(3)40(63-29(6)52)28(5)43(57)46(7,60)42(24)56/h12-14,17,22-24,26,28,30,32,40,42-43,53-57,60H,10-11,15-16,18-21H2,1-9H3,(H,49,59)/b13-12+,22-17+,25-14-,48-23+/t24-,26+,28-,32-,40+,42-,43-,46?,47-/m0/s1. The van der Waals surface area contributed by atoms with E-state index in [1.165, 1.54) is 85.1 Å². The molecule has 17 heteroatoms. The van der Waals surface area contributed by atoms with E-state index in [-0.39, 0.29) is 44.5 Å². The molecule has 64 heavy (non-hydrogen) atoms. The highest BCUT2D eigenvalue weighted by atomic mass is 16.7. The van der Waals surface area contributed by atoms with Crippen molar-refractivity contribution in [3.63, 3.8) is 0 Å². The summed E-state index contributed by atoms with van der Waals surface area (Å²) in [7, 11) is 1.40. The van der Waals surface area contributed by atoms with Crippen LogP contribution in [0.25, 0.3) is 10.8 Å². The van der Waals surface area contributed by atoms with E-state index in [4.69, 9.17) is 18.9 Å². The van der Waals surface area contributed by atoms with Crippen molar-refractivity contribution in [3.8, 4) is 23.0 Å². The highest BCUT2D eigenvalue weighted by molar-refractivity contribution is 6.23. The van der Waals surface area contributed by atoms with Crippen LogP contribution in [0.4, 0.5) is 5.69 Å². The summed E-state index contributed by atoms with van der Waals surface area (Å²) < 4.78 is 23.6. The predicted molar refractivity (Wildman–Crippen MR) is 238 cm³/mol. The number of benzene rings is 2. The van der Waals surface area contributed by atoms with Crippen LogP contribution in [0.3, 0.4) is 0 Å². The topological polar surface area (TPSA) is 240 Å². The fourth-order valence-electron chi connectivity index (χ4n) is 9.53. The SMILES string of the molecule is CO[C@H]1/C=C/O[C@@]2(C)Oc3c(C)c(O)c4c(O)c(c(/C=N/N5CCN(C6CCCC6)CC5)c(O)c4c3C2=O)NC(=O)/C(C)=C\C=C\[C@H](C)[C@H](O)C(C)(O)[C@@H](O)[C@@H](C)[C@H](OC(C)=O)[C@@H]1C.